The van der Waals surface area contributed by atoms with Crippen molar-refractivity contribution in [1.29, 1.82) is 0 Å². The summed E-state index contributed by atoms with van der Waals surface area (Å²) in [7, 11) is 0. The molecule has 7 aromatic rings. The topological polar surface area (TPSA) is 187 Å². The zero-order valence-electron chi connectivity index (χ0n) is 40.7. The third kappa shape index (κ3) is 12.2. The maximum absolute atomic E-state index is 14.8. The Kier molecular flexibility index (Phi) is 16.7. The molecule has 1 heterocycles. The largest absolute Gasteiger partial charge is 0.485 e. The maximum Gasteiger partial charge on any atom is 0.308 e. The standard InChI is InChI=1S/C55H55F4N7O7/c1-33(2)49(53(71)61-43(31-46(68)73-54(3,4)5)44(67)32-72-50-47(58)40(56)30-41(57)48(50)59)62-52(70)42(60-51(69)39-27-17-19-34-18-15-16-26-38(34)39)28-29-45-63-64-65-66(45)55(35-20-9-6-10-21-35,36-22-11-7-12-23-36)37-24-13-8-14-25-37/h6-27,30,33,42-44,49,67H,28-29,31-32H2,1-5H3,(H,60,69)(H,61,71)(H,62,70)/t42-,43-,44?,49-/m0/s1. The van der Waals surface area contributed by atoms with Crippen molar-refractivity contribution >= 4 is 34.5 Å². The number of hydrogen-bond acceptors (Lipinski definition) is 10. The number of aromatic nitrogens is 4. The second-order valence-corrected chi connectivity index (χ2v) is 18.7. The summed E-state index contributed by atoms with van der Waals surface area (Å²) in [6, 6.07) is 37.0. The quantitative estimate of drug-likeness (QED) is 0.0255. The summed E-state index contributed by atoms with van der Waals surface area (Å²) in [5.41, 5.74) is 0.608. The third-order valence-corrected chi connectivity index (χ3v) is 12.1. The van der Waals surface area contributed by atoms with Gasteiger partial charge in [-0.1, -0.05) is 141 Å². The van der Waals surface area contributed by atoms with Crippen molar-refractivity contribution in [1.82, 2.24) is 36.2 Å². The number of aryl methyl sites for hydroxylation is 1. The van der Waals surface area contributed by atoms with Crippen LogP contribution in [0.15, 0.2) is 140 Å². The summed E-state index contributed by atoms with van der Waals surface area (Å²) >= 11 is 0. The van der Waals surface area contributed by atoms with E-state index in [4.69, 9.17) is 9.47 Å². The van der Waals surface area contributed by atoms with E-state index in [1.165, 1.54) is 0 Å². The number of aliphatic hydroxyl groups excluding tert-OH is 1. The van der Waals surface area contributed by atoms with Gasteiger partial charge in [0.2, 0.25) is 23.4 Å². The van der Waals surface area contributed by atoms with Crippen molar-refractivity contribution in [3.63, 3.8) is 0 Å². The summed E-state index contributed by atoms with van der Waals surface area (Å²) in [6.45, 7) is 6.90. The first kappa shape index (κ1) is 52.8. The van der Waals surface area contributed by atoms with Crippen molar-refractivity contribution in [3.05, 3.63) is 191 Å². The Morgan fingerprint density at radius 2 is 1.25 bits per heavy atom. The lowest BCUT2D eigenvalue weighted by atomic mass is 9.77. The lowest BCUT2D eigenvalue weighted by Gasteiger charge is -2.36. The van der Waals surface area contributed by atoms with E-state index in [0.717, 1.165) is 22.1 Å². The number of esters is 1. The molecule has 1 aromatic heterocycles. The van der Waals surface area contributed by atoms with Crippen LogP contribution in [-0.4, -0.2) is 85.4 Å². The van der Waals surface area contributed by atoms with Gasteiger partial charge in [0.15, 0.2) is 23.2 Å². The Morgan fingerprint density at radius 1 is 0.699 bits per heavy atom. The number of aliphatic hydroxyl groups is 1. The highest BCUT2D eigenvalue weighted by molar-refractivity contribution is 6.08. The number of nitrogens with zero attached hydrogens (tertiary/aromatic N) is 4. The average molecular weight is 1000 g/mol. The van der Waals surface area contributed by atoms with Crippen LogP contribution in [0.3, 0.4) is 0 Å². The summed E-state index contributed by atoms with van der Waals surface area (Å²) < 4.78 is 69.2. The van der Waals surface area contributed by atoms with E-state index in [1.54, 1.807) is 63.6 Å². The molecule has 3 amide bonds. The molecule has 4 N–H and O–H groups in total. The highest BCUT2D eigenvalue weighted by atomic mass is 19.2. The normalized spacial score (nSPS) is 13.4. The van der Waals surface area contributed by atoms with Gasteiger partial charge < -0.3 is 30.5 Å². The van der Waals surface area contributed by atoms with Crippen LogP contribution < -0.4 is 20.7 Å². The molecular formula is C55H55F4N7O7. The number of rotatable bonds is 20. The number of halogens is 4. The van der Waals surface area contributed by atoms with Crippen LogP contribution in [0.25, 0.3) is 10.8 Å². The van der Waals surface area contributed by atoms with Crippen molar-refractivity contribution < 1.29 is 51.3 Å². The molecule has 0 fully saturated rings. The van der Waals surface area contributed by atoms with E-state index in [0.29, 0.717) is 11.2 Å². The number of amides is 3. The fourth-order valence-electron chi connectivity index (χ4n) is 8.60. The fourth-order valence-corrected chi connectivity index (χ4v) is 8.60. The van der Waals surface area contributed by atoms with Crippen LogP contribution in [-0.2, 0) is 31.1 Å². The number of ether oxygens (including phenoxy) is 2. The van der Waals surface area contributed by atoms with Crippen molar-refractivity contribution in [2.45, 2.75) is 89.3 Å². The Hall–Kier alpha value is -7.99. The third-order valence-electron chi connectivity index (χ3n) is 12.1. The maximum atomic E-state index is 14.8. The van der Waals surface area contributed by atoms with Crippen molar-refractivity contribution in [3.8, 4) is 5.75 Å². The van der Waals surface area contributed by atoms with Crippen molar-refractivity contribution in [2.75, 3.05) is 6.61 Å². The van der Waals surface area contributed by atoms with E-state index in [1.807, 2.05) is 109 Å². The highest BCUT2D eigenvalue weighted by Gasteiger charge is 2.42. The summed E-state index contributed by atoms with van der Waals surface area (Å²) in [5.74, 6) is -12.3. The van der Waals surface area contributed by atoms with Crippen LogP contribution in [0.1, 0.15) is 80.3 Å². The van der Waals surface area contributed by atoms with Crippen LogP contribution in [0.2, 0.25) is 0 Å². The molecule has 18 heteroatoms. The number of fused-ring (bicyclic) bond motifs is 1. The second kappa shape index (κ2) is 23.0. The fraction of sp³-hybridized carbons (Fsp3) is 0.291. The molecule has 6 aromatic carbocycles. The first-order valence-electron chi connectivity index (χ1n) is 23.6. The van der Waals surface area contributed by atoms with E-state index in [9.17, 15) is 41.8 Å². The molecule has 0 saturated carbocycles. The van der Waals surface area contributed by atoms with Gasteiger partial charge >= 0.3 is 5.97 Å². The van der Waals surface area contributed by atoms with E-state index < -0.39 is 107 Å². The minimum Gasteiger partial charge on any atom is -0.485 e. The second-order valence-electron chi connectivity index (χ2n) is 18.7. The lowest BCUT2D eigenvalue weighted by molar-refractivity contribution is -0.156. The minimum absolute atomic E-state index is 0.00819. The molecule has 1 unspecified atom stereocenters. The molecule has 7 rings (SSSR count). The molecule has 0 saturated heterocycles. The minimum atomic E-state index is -1.95. The molecule has 14 nitrogen and oxygen atoms in total. The molecule has 0 bridgehead atoms. The molecule has 73 heavy (non-hydrogen) atoms. The zero-order chi connectivity index (χ0) is 52.5. The molecule has 0 spiro atoms. The molecule has 4 atom stereocenters. The van der Waals surface area contributed by atoms with Gasteiger partial charge in [-0.3, -0.25) is 19.2 Å². The first-order valence-corrected chi connectivity index (χ1v) is 23.6. The SMILES string of the molecule is CC(C)[C@H](NC(=O)[C@H](CCc1nnnn1C(c1ccccc1)(c1ccccc1)c1ccccc1)NC(=O)c1cccc2ccccc12)C(=O)N[C@@H](CC(=O)OC(C)(C)C)C(O)COc1c(F)c(F)cc(F)c1F. The first-order chi connectivity index (χ1) is 34.9. The van der Waals surface area contributed by atoms with Crippen LogP contribution in [0.5, 0.6) is 5.75 Å². The highest BCUT2D eigenvalue weighted by Crippen LogP contribution is 2.41. The summed E-state index contributed by atoms with van der Waals surface area (Å²) in [5, 5.41) is 34.0. The zero-order valence-corrected chi connectivity index (χ0v) is 40.7. The van der Waals surface area contributed by atoms with E-state index >= 15 is 0 Å². The Morgan fingerprint density at radius 3 is 1.81 bits per heavy atom. The number of carbonyl (C=O) groups is 4. The van der Waals surface area contributed by atoms with Gasteiger partial charge in [-0.15, -0.1) is 5.10 Å². The van der Waals surface area contributed by atoms with Gasteiger partial charge in [-0.2, -0.15) is 8.78 Å². The Balaban J connectivity index is 1.21. The number of tetrazole rings is 1. The molecular weight excluding hydrogens is 947 g/mol. The van der Waals surface area contributed by atoms with Gasteiger partial charge in [0.1, 0.15) is 35.9 Å². The molecule has 0 aliphatic heterocycles. The predicted octanol–water partition coefficient (Wildman–Crippen LogP) is 7.75. The van der Waals surface area contributed by atoms with Gasteiger partial charge in [0.25, 0.3) is 5.91 Å². The van der Waals surface area contributed by atoms with Gasteiger partial charge in [-0.25, -0.2) is 13.5 Å². The molecule has 0 aliphatic rings. The number of benzene rings is 6. The summed E-state index contributed by atoms with van der Waals surface area (Å²) in [4.78, 5) is 56.6. The Bertz CT molecular complexity index is 2920. The van der Waals surface area contributed by atoms with Crippen LogP contribution >= 0.6 is 0 Å². The number of hydrogen-bond donors (Lipinski definition) is 4. The van der Waals surface area contributed by atoms with Crippen LogP contribution in [0, 0.1) is 29.2 Å². The van der Waals surface area contributed by atoms with Gasteiger partial charge in [0, 0.05) is 18.1 Å². The number of carbonyl (C=O) groups excluding carboxylic acids is 4. The number of nitrogens with one attached hydrogen (secondary N) is 3. The Labute approximate surface area is 419 Å². The summed E-state index contributed by atoms with van der Waals surface area (Å²) in [6.07, 6.45) is -2.76. The van der Waals surface area contributed by atoms with Gasteiger partial charge in [-0.05, 0) is 77.1 Å². The predicted molar refractivity (Wildman–Crippen MR) is 263 cm³/mol. The van der Waals surface area contributed by atoms with E-state index in [2.05, 4.69) is 31.5 Å². The molecule has 0 aliphatic carbocycles. The lowest BCUT2D eigenvalue weighted by Crippen LogP contribution is -2.58. The smallest absolute Gasteiger partial charge is 0.308 e. The monoisotopic (exact) mass is 1000 g/mol. The average Bonchev–Trinajstić information content (AvgIpc) is 3.84. The molecule has 380 valence electrons. The van der Waals surface area contributed by atoms with Gasteiger partial charge in [0.05, 0.1) is 12.5 Å². The van der Waals surface area contributed by atoms with Crippen molar-refractivity contribution in [2.24, 2.45) is 5.92 Å². The van der Waals surface area contributed by atoms with Crippen LogP contribution in [0.4, 0.5) is 17.6 Å². The van der Waals surface area contributed by atoms with E-state index in [-0.39, 0.29) is 24.5 Å². The molecule has 0 radical (unpaired) electrons.